The average Bonchev–Trinajstić information content (AvgIpc) is 3.58. The van der Waals surface area contributed by atoms with Gasteiger partial charge in [-0.3, -0.25) is 14.9 Å². The fourth-order valence-corrected chi connectivity index (χ4v) is 6.69. The van der Waals surface area contributed by atoms with Crippen molar-refractivity contribution in [3.63, 3.8) is 0 Å². The van der Waals surface area contributed by atoms with Crippen LogP contribution in [0, 0.1) is 5.92 Å². The van der Waals surface area contributed by atoms with Gasteiger partial charge in [-0.2, -0.15) is 0 Å². The third-order valence-corrected chi connectivity index (χ3v) is 8.39. The molecule has 3 aliphatic rings. The third-order valence-electron chi connectivity index (χ3n) is 8.39. The molecule has 2 fully saturated rings. The molecule has 4 unspecified atom stereocenters. The summed E-state index contributed by atoms with van der Waals surface area (Å²) in [5.41, 5.74) is 0.843. The number of hydrogen-bond acceptors (Lipinski definition) is 4. The second-order valence-corrected chi connectivity index (χ2v) is 10.5. The molecule has 36 heavy (non-hydrogen) atoms. The average molecular weight is 483 g/mol. The third kappa shape index (κ3) is 3.63. The molecule has 6 nitrogen and oxygen atoms in total. The van der Waals surface area contributed by atoms with Crippen LogP contribution in [0.4, 0.5) is 5.69 Å². The van der Waals surface area contributed by atoms with E-state index in [4.69, 9.17) is 0 Å². The van der Waals surface area contributed by atoms with E-state index in [-0.39, 0.29) is 30.3 Å². The number of nitrogens with zero attached hydrogens (tertiary/aromatic N) is 1. The van der Waals surface area contributed by atoms with E-state index >= 15 is 0 Å². The molecular weight excluding hydrogens is 452 g/mol. The number of amides is 1. The van der Waals surface area contributed by atoms with Gasteiger partial charge in [-0.15, -0.1) is 0 Å². The van der Waals surface area contributed by atoms with Gasteiger partial charge < -0.3 is 14.8 Å². The Morgan fingerprint density at radius 1 is 0.972 bits per heavy atom. The minimum Gasteiger partial charge on any atom is -0.480 e. The Morgan fingerprint density at radius 3 is 2.47 bits per heavy atom. The summed E-state index contributed by atoms with van der Waals surface area (Å²) in [6, 6.07) is 21.5. The van der Waals surface area contributed by atoms with Crippen molar-refractivity contribution in [2.75, 3.05) is 4.90 Å². The van der Waals surface area contributed by atoms with Crippen LogP contribution in [0.1, 0.15) is 60.4 Å². The molecule has 6 rings (SSSR count). The van der Waals surface area contributed by atoms with Crippen LogP contribution in [0.5, 0.6) is 0 Å². The first-order valence-corrected chi connectivity index (χ1v) is 12.9. The number of benzene rings is 3. The van der Waals surface area contributed by atoms with E-state index in [1.165, 1.54) is 0 Å². The number of carbonyl (C=O) groups is 3. The van der Waals surface area contributed by atoms with E-state index in [0.29, 0.717) is 5.56 Å². The van der Waals surface area contributed by atoms with E-state index in [1.807, 2.05) is 71.6 Å². The van der Waals surface area contributed by atoms with Crippen LogP contribution in [0.2, 0.25) is 0 Å². The zero-order valence-electron chi connectivity index (χ0n) is 20.1. The maximum atomic E-state index is 14.1. The van der Waals surface area contributed by atoms with Crippen LogP contribution in [0.15, 0.2) is 66.7 Å². The molecule has 2 aliphatic carbocycles. The number of anilines is 1. The number of rotatable bonds is 7. The summed E-state index contributed by atoms with van der Waals surface area (Å²) in [5.74, 6) is -1.49. The smallest absolute Gasteiger partial charge is 0.325 e. The first-order valence-electron chi connectivity index (χ1n) is 12.9. The van der Waals surface area contributed by atoms with E-state index in [2.05, 4.69) is 5.32 Å². The Hall–Kier alpha value is -3.51. The lowest BCUT2D eigenvalue weighted by atomic mass is 9.65. The number of para-hydroxylation sites is 1. The Kier molecular flexibility index (Phi) is 5.64. The molecule has 184 valence electrons. The maximum absolute atomic E-state index is 14.1. The van der Waals surface area contributed by atoms with Gasteiger partial charge in [0.05, 0.1) is 0 Å². The largest absolute Gasteiger partial charge is 0.480 e. The van der Waals surface area contributed by atoms with E-state index < -0.39 is 17.4 Å². The van der Waals surface area contributed by atoms with E-state index in [1.54, 1.807) is 0 Å². The Morgan fingerprint density at radius 2 is 1.72 bits per heavy atom. The number of carboxylic acids is 1. The summed E-state index contributed by atoms with van der Waals surface area (Å²) in [7, 11) is 0. The second-order valence-electron chi connectivity index (χ2n) is 10.5. The zero-order chi connectivity index (χ0) is 24.9. The van der Waals surface area contributed by atoms with Crippen molar-refractivity contribution in [3.8, 4) is 0 Å². The monoisotopic (exact) mass is 482 g/mol. The Balaban J connectivity index is 1.48. The molecule has 3 aromatic carbocycles. The number of carbonyl (C=O) groups excluding carboxylic acids is 2. The number of hydrogen-bond donors (Lipinski definition) is 2. The number of aldehydes is 1. The summed E-state index contributed by atoms with van der Waals surface area (Å²) in [4.78, 5) is 40.8. The molecule has 2 saturated carbocycles. The predicted molar refractivity (Wildman–Crippen MR) is 138 cm³/mol. The fourth-order valence-electron chi connectivity index (χ4n) is 6.69. The van der Waals surface area contributed by atoms with Gasteiger partial charge in [0, 0.05) is 35.7 Å². The van der Waals surface area contributed by atoms with Crippen LogP contribution >= 0.6 is 0 Å². The molecule has 0 spiro atoms. The molecule has 6 heteroatoms. The highest BCUT2D eigenvalue weighted by Crippen LogP contribution is 2.54. The molecule has 2 N–H and O–H groups in total. The summed E-state index contributed by atoms with van der Waals surface area (Å²) >= 11 is 0. The quantitative estimate of drug-likeness (QED) is 0.467. The number of fused-ring (bicyclic) bond motifs is 3. The van der Waals surface area contributed by atoms with Crippen molar-refractivity contribution in [2.45, 2.75) is 62.1 Å². The summed E-state index contributed by atoms with van der Waals surface area (Å²) in [6.07, 6.45) is 5.04. The lowest BCUT2D eigenvalue weighted by Crippen LogP contribution is -2.62. The Bertz CT molecular complexity index is 1350. The highest BCUT2D eigenvalue weighted by atomic mass is 16.4. The number of aliphatic carboxylic acids is 1. The molecule has 0 saturated heterocycles. The van der Waals surface area contributed by atoms with Crippen LogP contribution in [0.25, 0.3) is 10.8 Å². The lowest BCUT2D eigenvalue weighted by Gasteiger charge is -2.49. The molecule has 1 amide bonds. The van der Waals surface area contributed by atoms with Gasteiger partial charge >= 0.3 is 5.97 Å². The van der Waals surface area contributed by atoms with Gasteiger partial charge in [-0.1, -0.05) is 55.0 Å². The van der Waals surface area contributed by atoms with Crippen molar-refractivity contribution in [2.24, 2.45) is 5.92 Å². The SMILES string of the molecule is O=CCC(NC1CC1)(C(=O)O)C1c2ccccc2N(C(=O)c2ccc3ccccc3c2)C2CCCC21. The first-order chi connectivity index (χ1) is 17.5. The summed E-state index contributed by atoms with van der Waals surface area (Å²) in [6.45, 7) is 0. The second kappa shape index (κ2) is 8.86. The number of nitrogens with one attached hydrogen (secondary N) is 1. The highest BCUT2D eigenvalue weighted by molar-refractivity contribution is 6.09. The van der Waals surface area contributed by atoms with Crippen molar-refractivity contribution in [1.29, 1.82) is 0 Å². The fraction of sp³-hybridized carbons (Fsp3) is 0.367. The zero-order valence-corrected chi connectivity index (χ0v) is 20.1. The lowest BCUT2D eigenvalue weighted by molar-refractivity contribution is -0.148. The molecular formula is C30H30N2O4. The maximum Gasteiger partial charge on any atom is 0.325 e. The van der Waals surface area contributed by atoms with E-state index in [9.17, 15) is 19.5 Å². The van der Waals surface area contributed by atoms with Gasteiger partial charge in [0.25, 0.3) is 5.91 Å². The van der Waals surface area contributed by atoms with E-state index in [0.717, 1.165) is 60.4 Å². The number of carboxylic acid groups (broad SMARTS) is 1. The van der Waals surface area contributed by atoms with Gasteiger partial charge in [0.2, 0.25) is 0 Å². The normalized spacial score (nSPS) is 24.6. The summed E-state index contributed by atoms with van der Waals surface area (Å²) in [5, 5.41) is 16.1. The molecule has 0 bridgehead atoms. The topological polar surface area (TPSA) is 86.7 Å². The van der Waals surface area contributed by atoms with Crippen molar-refractivity contribution in [3.05, 3.63) is 77.9 Å². The van der Waals surface area contributed by atoms with Crippen LogP contribution in [-0.4, -0.2) is 40.9 Å². The van der Waals surface area contributed by atoms with Gasteiger partial charge in [-0.05, 0) is 66.1 Å². The minimum atomic E-state index is -1.38. The predicted octanol–water partition coefficient (Wildman–Crippen LogP) is 4.92. The summed E-state index contributed by atoms with van der Waals surface area (Å²) < 4.78 is 0. The van der Waals surface area contributed by atoms with Gasteiger partial charge in [0.1, 0.15) is 11.8 Å². The molecule has 1 heterocycles. The molecule has 0 aromatic heterocycles. The molecule has 0 radical (unpaired) electrons. The van der Waals surface area contributed by atoms with Crippen LogP contribution < -0.4 is 10.2 Å². The van der Waals surface area contributed by atoms with Crippen LogP contribution in [-0.2, 0) is 9.59 Å². The Labute approximate surface area is 210 Å². The van der Waals surface area contributed by atoms with Crippen molar-refractivity contribution < 1.29 is 19.5 Å². The highest BCUT2D eigenvalue weighted by Gasteiger charge is 2.58. The van der Waals surface area contributed by atoms with Gasteiger partial charge in [0.15, 0.2) is 0 Å². The first kappa shape index (κ1) is 22.9. The molecule has 3 aromatic rings. The van der Waals surface area contributed by atoms with Crippen molar-refractivity contribution >= 4 is 34.6 Å². The van der Waals surface area contributed by atoms with Crippen molar-refractivity contribution in [1.82, 2.24) is 5.32 Å². The molecule has 1 aliphatic heterocycles. The van der Waals surface area contributed by atoms with Gasteiger partial charge in [-0.25, -0.2) is 0 Å². The molecule has 4 atom stereocenters. The standard InChI is InChI=1S/C30H30N2O4/c33-17-16-30(29(35)36,31-22-14-15-22)27-23-8-3-4-10-25(23)32(26-11-5-9-24(26)27)28(34)21-13-12-19-6-1-2-7-20(19)18-21/h1-4,6-8,10,12-13,17-18,22,24,26-27,31H,5,9,11,14-16H2,(H,35,36). The minimum absolute atomic E-state index is 0.0494. The van der Waals surface area contributed by atoms with Crippen LogP contribution in [0.3, 0.4) is 0 Å².